The Balaban J connectivity index is 0. The van der Waals surface area contributed by atoms with E-state index in [2.05, 4.69) is 159 Å². The van der Waals surface area contributed by atoms with Crippen LogP contribution in [-0.4, -0.2) is 9.52 Å². The summed E-state index contributed by atoms with van der Waals surface area (Å²) in [5.74, 6) is 2.42. The molecule has 0 unspecified atom stereocenters. The molecule has 0 N–H and O–H groups in total. The topological polar surface area (TPSA) is 0 Å². The van der Waals surface area contributed by atoms with Crippen LogP contribution in [0.2, 0.25) is 13.1 Å². The maximum absolute atomic E-state index is 3.60. The fourth-order valence-electron chi connectivity index (χ4n) is 4.90. The second kappa shape index (κ2) is 25.7. The Morgan fingerprint density at radius 1 is 0.543 bits per heavy atom. The van der Waals surface area contributed by atoms with Crippen molar-refractivity contribution >= 4 is 31.1 Å². The number of fused-ring (bicyclic) bond motifs is 2. The molecule has 4 rings (SSSR count). The number of rotatable bonds is 8. The number of aryl methyl sites for hydroxylation is 2. The van der Waals surface area contributed by atoms with Crippen LogP contribution in [-0.2, 0) is 39.0 Å². The van der Waals surface area contributed by atoms with Crippen LogP contribution in [0.3, 0.4) is 0 Å². The van der Waals surface area contributed by atoms with Gasteiger partial charge in [0.1, 0.15) is 0 Å². The Kier molecular flexibility index (Phi) is 26.2. The summed E-state index contributed by atoms with van der Waals surface area (Å²) in [7, 11) is 1.08. The summed E-state index contributed by atoms with van der Waals surface area (Å²) in [6, 6.07) is 19.0. The molecule has 4 aromatic rings. The van der Waals surface area contributed by atoms with E-state index in [1.165, 1.54) is 67.8 Å². The van der Waals surface area contributed by atoms with E-state index in [0.717, 1.165) is 35.2 Å². The number of benzene rings is 2. The van der Waals surface area contributed by atoms with Gasteiger partial charge in [0.05, 0.1) is 0 Å². The molecule has 0 aliphatic heterocycles. The van der Waals surface area contributed by atoms with Gasteiger partial charge in [-0.05, 0) is 36.5 Å². The molecule has 2 heteroatoms. The van der Waals surface area contributed by atoms with Crippen LogP contribution in [0.15, 0.2) is 48.5 Å². The van der Waals surface area contributed by atoms with E-state index in [-0.39, 0.29) is 26.2 Å². The van der Waals surface area contributed by atoms with Gasteiger partial charge in [0, 0.05) is 9.52 Å². The van der Waals surface area contributed by atoms with E-state index >= 15 is 0 Å². The van der Waals surface area contributed by atoms with Crippen LogP contribution in [0.4, 0.5) is 0 Å². The van der Waals surface area contributed by atoms with Crippen molar-refractivity contribution < 1.29 is 26.2 Å². The van der Waals surface area contributed by atoms with Gasteiger partial charge in [0.2, 0.25) is 0 Å². The van der Waals surface area contributed by atoms with Gasteiger partial charge >= 0.3 is 26.2 Å². The SMILES string of the molecule is CCc1cc2c(C(C)C)cc(C(C)C)cc2[cH-]1.CCc1cc2c(C(C)C)cc(C(C)C)cc2[cH-]1.C[Si]C.[CH2-]CCC.[CH2-]CCC.[Zr+4]. The van der Waals surface area contributed by atoms with Crippen LogP contribution < -0.4 is 0 Å². The van der Waals surface area contributed by atoms with E-state index in [1.54, 1.807) is 0 Å². The Labute approximate surface area is 309 Å². The third-order valence-electron chi connectivity index (χ3n) is 7.97. The predicted octanol–water partition coefficient (Wildman–Crippen LogP) is 14.8. The largest absolute Gasteiger partial charge is 4.00 e. The minimum atomic E-state index is 0. The van der Waals surface area contributed by atoms with Gasteiger partial charge in [0.25, 0.3) is 0 Å². The molecule has 2 radical (unpaired) electrons. The number of unbranched alkanes of at least 4 members (excludes halogenated alkanes) is 2. The summed E-state index contributed by atoms with van der Waals surface area (Å²) in [6.45, 7) is 38.5. The first-order valence-corrected chi connectivity index (χ1v) is 19.9. The van der Waals surface area contributed by atoms with Gasteiger partial charge in [-0.3, -0.25) is 0 Å². The summed E-state index contributed by atoms with van der Waals surface area (Å²) in [5, 5.41) is 5.77. The molecule has 4 aromatic carbocycles. The first kappa shape index (κ1) is 46.9. The molecular formula is C44H70SiZr. The second-order valence-electron chi connectivity index (χ2n) is 13.5. The van der Waals surface area contributed by atoms with Gasteiger partial charge in [-0.1, -0.05) is 143 Å². The molecule has 0 heterocycles. The Morgan fingerprint density at radius 2 is 0.826 bits per heavy atom. The van der Waals surface area contributed by atoms with Crippen LogP contribution >= 0.6 is 0 Å². The Hall–Kier alpha value is -1.24. The van der Waals surface area contributed by atoms with Crippen molar-refractivity contribution in [3.05, 3.63) is 95.8 Å². The molecule has 0 aliphatic rings. The standard InChI is InChI=1S/2C17H23.2C4H9.C2H6Si.Zr/c2*1-6-13-7-15-9-14(11(2)3)10-16(12(4)5)17(15)8-13;2*1-3-4-2;1-3-2;/h2*7-12H,6H2,1-5H3;2*1,3-4H2,2H3;1-2H3;/q4*-1;;+4. The summed E-state index contributed by atoms with van der Waals surface area (Å²) in [5.41, 5.74) is 8.87. The maximum Gasteiger partial charge on any atom is 4.00 e. The van der Waals surface area contributed by atoms with Gasteiger partial charge in [-0.2, -0.15) is 25.0 Å². The molecule has 0 spiro atoms. The van der Waals surface area contributed by atoms with E-state index in [4.69, 9.17) is 0 Å². The molecule has 0 atom stereocenters. The van der Waals surface area contributed by atoms with Crippen molar-refractivity contribution in [1.82, 2.24) is 0 Å². The molecule has 0 amide bonds. The van der Waals surface area contributed by atoms with Crippen molar-refractivity contribution in [1.29, 1.82) is 0 Å². The van der Waals surface area contributed by atoms with Gasteiger partial charge in [0.15, 0.2) is 0 Å². The van der Waals surface area contributed by atoms with Crippen LogP contribution in [0, 0.1) is 13.8 Å². The fraction of sp³-hybridized carbons (Fsp3) is 0.545. The fourth-order valence-corrected chi connectivity index (χ4v) is 4.90. The van der Waals surface area contributed by atoms with Crippen molar-refractivity contribution in [3.8, 4) is 0 Å². The summed E-state index contributed by atoms with van der Waals surface area (Å²) in [6.07, 6.45) is 6.81. The third kappa shape index (κ3) is 15.8. The molecule has 0 saturated carbocycles. The van der Waals surface area contributed by atoms with Gasteiger partial charge in [-0.25, -0.2) is 0 Å². The minimum absolute atomic E-state index is 0. The maximum atomic E-state index is 3.60. The summed E-state index contributed by atoms with van der Waals surface area (Å²) in [4.78, 5) is 0. The van der Waals surface area contributed by atoms with E-state index in [9.17, 15) is 0 Å². The first-order chi connectivity index (χ1) is 21.3. The number of hydrogen-bond acceptors (Lipinski definition) is 0. The monoisotopic (exact) mass is 716 g/mol. The Morgan fingerprint density at radius 3 is 1.02 bits per heavy atom. The molecule has 0 nitrogen and oxygen atoms in total. The smallest absolute Gasteiger partial charge is 0.343 e. The average Bonchev–Trinajstić information content (AvgIpc) is 3.64. The van der Waals surface area contributed by atoms with E-state index in [0.29, 0.717) is 23.7 Å². The van der Waals surface area contributed by atoms with Crippen molar-refractivity contribution in [2.45, 2.75) is 158 Å². The molecule has 0 saturated heterocycles. The molecule has 0 bridgehead atoms. The van der Waals surface area contributed by atoms with E-state index < -0.39 is 0 Å². The summed E-state index contributed by atoms with van der Waals surface area (Å²) < 4.78 is 0. The van der Waals surface area contributed by atoms with Crippen molar-refractivity contribution in [3.63, 3.8) is 0 Å². The first-order valence-electron chi connectivity index (χ1n) is 17.9. The normalized spacial score (nSPS) is 10.5. The van der Waals surface area contributed by atoms with E-state index in [1.807, 2.05) is 0 Å². The second-order valence-corrected chi connectivity index (χ2v) is 14.5. The molecule has 0 aliphatic carbocycles. The Bertz CT molecular complexity index is 1210. The zero-order valence-corrected chi connectivity index (χ0v) is 36.0. The molecule has 254 valence electrons. The molecule has 46 heavy (non-hydrogen) atoms. The molecular weight excluding hydrogens is 648 g/mol. The van der Waals surface area contributed by atoms with Crippen molar-refractivity contribution in [2.75, 3.05) is 0 Å². The van der Waals surface area contributed by atoms with Crippen molar-refractivity contribution in [2.24, 2.45) is 0 Å². The van der Waals surface area contributed by atoms with Crippen LogP contribution in [0.25, 0.3) is 21.5 Å². The average molecular weight is 718 g/mol. The quantitative estimate of drug-likeness (QED) is 0.126. The minimum Gasteiger partial charge on any atom is -0.343 e. The zero-order chi connectivity index (χ0) is 34.7. The van der Waals surface area contributed by atoms with Crippen LogP contribution in [0.1, 0.15) is 166 Å². The van der Waals surface area contributed by atoms with Crippen LogP contribution in [0.5, 0.6) is 0 Å². The molecule has 0 fully saturated rings. The van der Waals surface area contributed by atoms with Gasteiger partial charge < -0.3 is 13.8 Å². The molecule has 0 aromatic heterocycles. The zero-order valence-electron chi connectivity index (χ0n) is 32.6. The third-order valence-corrected chi connectivity index (χ3v) is 7.97. The predicted molar refractivity (Wildman–Crippen MR) is 212 cm³/mol. The van der Waals surface area contributed by atoms with Gasteiger partial charge in [-0.15, -0.1) is 56.9 Å². The summed E-state index contributed by atoms with van der Waals surface area (Å²) >= 11 is 0. The number of hydrogen-bond donors (Lipinski definition) is 0.